The molecular weight excluding hydrogens is 695 g/mol. The zero-order valence-corrected chi connectivity index (χ0v) is 31.1. The lowest BCUT2D eigenvalue weighted by atomic mass is 10.0. The first-order chi connectivity index (χ1) is 26.9. The van der Waals surface area contributed by atoms with E-state index in [4.69, 9.17) is 19.4 Å². The smallest absolute Gasteiger partial charge is 0.407 e. The van der Waals surface area contributed by atoms with E-state index in [-0.39, 0.29) is 23.9 Å². The van der Waals surface area contributed by atoms with Crippen LogP contribution in [0.15, 0.2) is 85.1 Å². The summed E-state index contributed by atoms with van der Waals surface area (Å²) in [7, 11) is 1.31. The zero-order valence-electron chi connectivity index (χ0n) is 31.1. The Bertz CT molecular complexity index is 2110. The van der Waals surface area contributed by atoms with Crippen molar-refractivity contribution in [3.8, 4) is 33.6 Å². The number of H-pyrrole nitrogens is 2. The number of hydrogen-bond acceptors (Lipinski definition) is 7. The topological polar surface area (TPSA) is 146 Å². The third kappa shape index (κ3) is 7.91. The number of fused-ring (bicyclic) bond motifs is 4. The van der Waals surface area contributed by atoms with Crippen molar-refractivity contribution < 1.29 is 23.9 Å². The lowest BCUT2D eigenvalue weighted by Crippen LogP contribution is -2.48. The number of benzene rings is 3. The Labute approximate surface area is 320 Å². The standard InChI is InChI=1S/C43H47N7O5/c1-54-43(53)47-33-11-5-6-24-55-27-35-39(48-41(46-35)37-13-8-23-50(37)42(33)52)32-20-16-30(17-21-32)29-14-18-31(19-15-29)34-26-44-40(45-34)36-12-7-22-49(36)38(51)25-28-9-3-2-4-10-28/h2-4,9-10,14-21,26,33,36-37H,5-8,11-13,22-25,27H2,1H3,(H,44,45)(H,46,48)(H,47,53)/t33-,36-,37-/m0/s1. The molecular formula is C43H47N7O5. The molecule has 5 heterocycles. The maximum Gasteiger partial charge on any atom is 0.407 e. The summed E-state index contributed by atoms with van der Waals surface area (Å²) in [5, 5.41) is 2.75. The Morgan fingerprint density at radius 3 is 2.29 bits per heavy atom. The Balaban J connectivity index is 0.966. The molecule has 5 aromatic rings. The molecule has 3 aromatic carbocycles. The number of nitrogens with zero attached hydrogens (tertiary/aromatic N) is 4. The molecule has 2 bridgehead atoms. The highest BCUT2D eigenvalue weighted by Crippen LogP contribution is 2.36. The van der Waals surface area contributed by atoms with Crippen molar-refractivity contribution >= 4 is 17.9 Å². The van der Waals surface area contributed by atoms with Crippen LogP contribution >= 0.6 is 0 Å². The molecule has 3 N–H and O–H groups in total. The number of carbonyl (C=O) groups excluding carboxylic acids is 3. The van der Waals surface area contributed by atoms with E-state index in [1.165, 1.54) is 7.11 Å². The Morgan fingerprint density at radius 2 is 1.53 bits per heavy atom. The summed E-state index contributed by atoms with van der Waals surface area (Å²) in [5.74, 6) is 1.58. The minimum atomic E-state index is -0.661. The molecule has 0 aliphatic carbocycles. The van der Waals surface area contributed by atoms with Gasteiger partial charge >= 0.3 is 6.09 Å². The van der Waals surface area contributed by atoms with E-state index in [0.717, 1.165) is 102 Å². The van der Waals surface area contributed by atoms with Gasteiger partial charge in [-0.1, -0.05) is 78.9 Å². The van der Waals surface area contributed by atoms with Gasteiger partial charge in [0.2, 0.25) is 11.8 Å². The van der Waals surface area contributed by atoms with Crippen LogP contribution in [0.4, 0.5) is 4.79 Å². The molecule has 0 spiro atoms. The summed E-state index contributed by atoms with van der Waals surface area (Å²) in [4.78, 5) is 59.7. The van der Waals surface area contributed by atoms with Crippen LogP contribution in [0, 0.1) is 0 Å². The van der Waals surface area contributed by atoms with Crippen molar-refractivity contribution in [1.29, 1.82) is 0 Å². The third-order valence-electron chi connectivity index (χ3n) is 11.1. The summed E-state index contributed by atoms with van der Waals surface area (Å²) < 4.78 is 10.9. The van der Waals surface area contributed by atoms with Crippen LogP contribution < -0.4 is 5.32 Å². The zero-order chi connectivity index (χ0) is 37.7. The number of rotatable bonds is 7. The fourth-order valence-electron chi connectivity index (χ4n) is 8.17. The highest BCUT2D eigenvalue weighted by molar-refractivity contribution is 5.86. The molecule has 8 rings (SSSR count). The monoisotopic (exact) mass is 741 g/mol. The maximum absolute atomic E-state index is 13.7. The summed E-state index contributed by atoms with van der Waals surface area (Å²) in [6.07, 6.45) is 7.16. The quantitative estimate of drug-likeness (QED) is 0.161. The largest absolute Gasteiger partial charge is 0.453 e. The molecule has 55 heavy (non-hydrogen) atoms. The lowest BCUT2D eigenvalue weighted by molar-refractivity contribution is -0.134. The molecule has 0 radical (unpaired) electrons. The van der Waals surface area contributed by atoms with E-state index in [1.807, 2.05) is 46.3 Å². The fraction of sp³-hybridized carbons (Fsp3) is 0.372. The van der Waals surface area contributed by atoms with Gasteiger partial charge in [-0.05, 0) is 67.2 Å². The third-order valence-corrected chi connectivity index (χ3v) is 11.1. The summed E-state index contributed by atoms with van der Waals surface area (Å²) in [6.45, 7) is 2.26. The van der Waals surface area contributed by atoms with Crippen LogP contribution in [0.5, 0.6) is 0 Å². The summed E-state index contributed by atoms with van der Waals surface area (Å²) in [5.41, 5.74) is 7.79. The molecule has 3 atom stereocenters. The van der Waals surface area contributed by atoms with Crippen molar-refractivity contribution in [2.45, 2.75) is 76.1 Å². The van der Waals surface area contributed by atoms with Crippen molar-refractivity contribution in [3.05, 3.63) is 108 Å². The van der Waals surface area contributed by atoms with Gasteiger partial charge in [0.15, 0.2) is 0 Å². The van der Waals surface area contributed by atoms with Crippen LogP contribution in [0.3, 0.4) is 0 Å². The maximum atomic E-state index is 13.7. The molecule has 12 heteroatoms. The number of likely N-dealkylation sites (tertiary alicyclic amines) is 1. The number of aromatic nitrogens is 4. The second-order valence-electron chi connectivity index (χ2n) is 14.6. The van der Waals surface area contributed by atoms with Gasteiger partial charge in [0, 0.05) is 25.3 Å². The number of imidazole rings is 2. The number of carbonyl (C=O) groups is 3. The van der Waals surface area contributed by atoms with E-state index in [0.29, 0.717) is 32.6 Å². The van der Waals surface area contributed by atoms with Crippen LogP contribution in [-0.4, -0.2) is 80.5 Å². The van der Waals surface area contributed by atoms with Gasteiger partial charge in [0.1, 0.15) is 17.7 Å². The van der Waals surface area contributed by atoms with Gasteiger partial charge < -0.3 is 34.6 Å². The van der Waals surface area contributed by atoms with E-state index >= 15 is 0 Å². The average Bonchev–Trinajstić information content (AvgIpc) is 4.05. The normalized spacial score (nSPS) is 20.3. The second kappa shape index (κ2) is 16.3. The first-order valence-corrected chi connectivity index (χ1v) is 19.4. The van der Waals surface area contributed by atoms with Crippen molar-refractivity contribution in [1.82, 2.24) is 35.1 Å². The molecule has 2 aromatic heterocycles. The molecule has 0 saturated carbocycles. The molecule has 12 nitrogen and oxygen atoms in total. The predicted octanol–water partition coefficient (Wildman–Crippen LogP) is 7.13. The Hall–Kier alpha value is -5.75. The SMILES string of the molecule is COC(=O)N[C@H]1CCCCOCc2[nH]c(nc2-c2ccc(-c3ccc(-c4cnc([C@@H]5CCCN5C(=O)Cc5ccccc5)[nH]4)cc3)cc2)[C@@H]2CCCN2C1=O. The Kier molecular flexibility index (Phi) is 10.8. The number of aromatic amines is 2. The first-order valence-electron chi connectivity index (χ1n) is 19.4. The number of ether oxygens (including phenoxy) is 2. The van der Waals surface area contributed by atoms with E-state index in [1.54, 1.807) is 0 Å². The van der Waals surface area contributed by atoms with Gasteiger partial charge in [0.05, 0.1) is 55.5 Å². The lowest BCUT2D eigenvalue weighted by Gasteiger charge is -2.28. The van der Waals surface area contributed by atoms with Gasteiger partial charge in [0.25, 0.3) is 0 Å². The minimum Gasteiger partial charge on any atom is -0.453 e. The van der Waals surface area contributed by atoms with Crippen LogP contribution in [0.2, 0.25) is 0 Å². The Morgan fingerprint density at radius 1 is 0.818 bits per heavy atom. The van der Waals surface area contributed by atoms with Gasteiger partial charge in [-0.15, -0.1) is 0 Å². The molecule has 3 aliphatic heterocycles. The molecule has 284 valence electrons. The highest BCUT2D eigenvalue weighted by atomic mass is 16.5. The van der Waals surface area contributed by atoms with Crippen LogP contribution in [0.1, 0.15) is 79.9 Å². The number of nitrogens with one attached hydrogen (secondary N) is 3. The first kappa shape index (κ1) is 36.2. The number of amides is 3. The van der Waals surface area contributed by atoms with E-state index in [9.17, 15) is 14.4 Å². The minimum absolute atomic E-state index is 0.0476. The van der Waals surface area contributed by atoms with Gasteiger partial charge in [-0.3, -0.25) is 9.59 Å². The van der Waals surface area contributed by atoms with Crippen molar-refractivity contribution in [3.63, 3.8) is 0 Å². The number of methoxy groups -OCH3 is 1. The van der Waals surface area contributed by atoms with Crippen molar-refractivity contribution in [2.75, 3.05) is 26.8 Å². The van der Waals surface area contributed by atoms with Crippen molar-refractivity contribution in [2.24, 2.45) is 0 Å². The predicted molar refractivity (Wildman–Crippen MR) is 207 cm³/mol. The molecule has 3 amide bonds. The molecule has 3 aliphatic rings. The van der Waals surface area contributed by atoms with Gasteiger partial charge in [-0.2, -0.15) is 0 Å². The van der Waals surface area contributed by atoms with E-state index < -0.39 is 12.1 Å². The molecule has 2 saturated heterocycles. The second-order valence-corrected chi connectivity index (χ2v) is 14.6. The van der Waals surface area contributed by atoms with E-state index in [2.05, 4.69) is 63.8 Å². The van der Waals surface area contributed by atoms with Gasteiger partial charge in [-0.25, -0.2) is 14.8 Å². The average molecular weight is 742 g/mol. The molecule has 2 fully saturated rings. The highest BCUT2D eigenvalue weighted by Gasteiger charge is 2.37. The summed E-state index contributed by atoms with van der Waals surface area (Å²) >= 11 is 0. The molecule has 0 unspecified atom stereocenters. The number of hydrogen-bond donors (Lipinski definition) is 3. The fourth-order valence-corrected chi connectivity index (χ4v) is 8.17. The number of alkyl carbamates (subject to hydrolysis) is 1. The van der Waals surface area contributed by atoms with Crippen LogP contribution in [0.25, 0.3) is 33.6 Å². The van der Waals surface area contributed by atoms with Crippen LogP contribution in [-0.2, 0) is 32.1 Å². The summed E-state index contributed by atoms with van der Waals surface area (Å²) in [6, 6.07) is 25.8.